The van der Waals surface area contributed by atoms with Crippen molar-refractivity contribution in [1.29, 1.82) is 0 Å². The van der Waals surface area contributed by atoms with E-state index < -0.39 is 0 Å². The first-order chi connectivity index (χ1) is 6.95. The van der Waals surface area contributed by atoms with Gasteiger partial charge in [0.15, 0.2) is 0 Å². The Morgan fingerprint density at radius 2 is 1.62 bits per heavy atom. The van der Waals surface area contributed by atoms with Crippen LogP contribution in [0.1, 0.15) is 25.7 Å². The molecule has 2 rings (SSSR count). The number of nitrogens with one attached hydrogen (secondary N) is 2. The molecular weight excluding hydrogens is 247 g/mol. The van der Waals surface area contributed by atoms with Crippen molar-refractivity contribution in [2.75, 3.05) is 32.8 Å². The van der Waals surface area contributed by atoms with Crippen molar-refractivity contribution in [1.82, 2.24) is 10.6 Å². The van der Waals surface area contributed by atoms with E-state index in [1.54, 1.807) is 0 Å². The van der Waals surface area contributed by atoms with Crippen molar-refractivity contribution in [3.05, 3.63) is 0 Å². The molecule has 2 N–H and O–H groups in total. The van der Waals surface area contributed by atoms with E-state index >= 15 is 0 Å². The molecule has 0 aromatic carbocycles. The molecule has 5 heteroatoms. The van der Waals surface area contributed by atoms with Gasteiger partial charge < -0.3 is 15.4 Å². The predicted molar refractivity (Wildman–Crippen MR) is 71.9 cm³/mol. The molecule has 0 spiro atoms. The van der Waals surface area contributed by atoms with Crippen LogP contribution in [0.4, 0.5) is 0 Å². The molecule has 0 amide bonds. The normalized spacial score (nSPS) is 23.2. The Morgan fingerprint density at radius 3 is 2.25 bits per heavy atom. The highest BCUT2D eigenvalue weighted by Gasteiger charge is 2.17. The fourth-order valence-electron chi connectivity index (χ4n) is 2.31. The van der Waals surface area contributed by atoms with Crippen LogP contribution in [-0.4, -0.2) is 38.9 Å². The van der Waals surface area contributed by atoms with Gasteiger partial charge in [0.25, 0.3) is 0 Å². The van der Waals surface area contributed by atoms with E-state index in [0.717, 1.165) is 25.2 Å². The maximum Gasteiger partial charge on any atom is 0.0469 e. The van der Waals surface area contributed by atoms with Crippen LogP contribution in [0.2, 0.25) is 0 Å². The monoisotopic (exact) mass is 270 g/mol. The molecule has 2 heterocycles. The van der Waals surface area contributed by atoms with Crippen LogP contribution in [0.25, 0.3) is 0 Å². The average molecular weight is 271 g/mol. The molecular formula is C11H24Cl2N2O. The van der Waals surface area contributed by atoms with E-state index in [-0.39, 0.29) is 24.8 Å². The number of hydrogen-bond donors (Lipinski definition) is 2. The number of rotatable bonds is 3. The van der Waals surface area contributed by atoms with E-state index in [2.05, 4.69) is 10.6 Å². The van der Waals surface area contributed by atoms with Crippen molar-refractivity contribution in [3.63, 3.8) is 0 Å². The van der Waals surface area contributed by atoms with Gasteiger partial charge in [0.1, 0.15) is 0 Å². The predicted octanol–water partition coefficient (Wildman–Crippen LogP) is 1.60. The van der Waals surface area contributed by atoms with E-state index in [9.17, 15) is 0 Å². The number of ether oxygens (including phenoxy) is 1. The second-order valence-electron chi connectivity index (χ2n) is 4.49. The molecule has 0 atom stereocenters. The molecule has 0 saturated carbocycles. The lowest BCUT2D eigenvalue weighted by molar-refractivity contribution is 0.0651. The Bertz CT molecular complexity index is 142. The average Bonchev–Trinajstić information content (AvgIpc) is 2.29. The first-order valence-corrected chi connectivity index (χ1v) is 5.97. The number of halogens is 2. The molecule has 2 fully saturated rings. The molecule has 0 bridgehead atoms. The zero-order chi connectivity index (χ0) is 9.64. The third-order valence-corrected chi connectivity index (χ3v) is 3.38. The van der Waals surface area contributed by atoms with Crippen LogP contribution in [0.3, 0.4) is 0 Å². The molecule has 0 aromatic heterocycles. The molecule has 2 aliphatic heterocycles. The van der Waals surface area contributed by atoms with Crippen LogP contribution in [-0.2, 0) is 4.74 Å². The van der Waals surface area contributed by atoms with Gasteiger partial charge in [0, 0.05) is 19.3 Å². The van der Waals surface area contributed by atoms with Crippen LogP contribution in [0, 0.1) is 5.92 Å². The smallest absolute Gasteiger partial charge is 0.0469 e. The summed E-state index contributed by atoms with van der Waals surface area (Å²) in [5.74, 6) is 0.860. The summed E-state index contributed by atoms with van der Waals surface area (Å²) in [6.45, 7) is 5.52. The van der Waals surface area contributed by atoms with Gasteiger partial charge in [-0.3, -0.25) is 0 Å². The Kier molecular flexibility index (Phi) is 9.76. The summed E-state index contributed by atoms with van der Waals surface area (Å²) in [5.41, 5.74) is 0. The van der Waals surface area contributed by atoms with Gasteiger partial charge >= 0.3 is 0 Å². The highest BCUT2D eigenvalue weighted by molar-refractivity contribution is 5.85. The second-order valence-corrected chi connectivity index (χ2v) is 4.49. The van der Waals surface area contributed by atoms with E-state index in [1.807, 2.05) is 0 Å². The lowest BCUT2D eigenvalue weighted by Crippen LogP contribution is -2.42. The van der Waals surface area contributed by atoms with Crippen molar-refractivity contribution in [2.45, 2.75) is 31.7 Å². The standard InChI is InChI=1S/C11H22N2O.2ClH/c1-5-12-6-2-11(1)13-9-10-3-7-14-8-4-10;;/h10-13H,1-9H2;2*1H. The molecule has 16 heavy (non-hydrogen) atoms. The summed E-state index contributed by atoms with van der Waals surface area (Å²) < 4.78 is 5.35. The first-order valence-electron chi connectivity index (χ1n) is 5.97. The maximum atomic E-state index is 5.35. The van der Waals surface area contributed by atoms with Gasteiger partial charge in [0.2, 0.25) is 0 Å². The topological polar surface area (TPSA) is 33.3 Å². The van der Waals surface area contributed by atoms with Crippen LogP contribution >= 0.6 is 24.8 Å². The molecule has 3 nitrogen and oxygen atoms in total. The maximum absolute atomic E-state index is 5.35. The summed E-state index contributed by atoms with van der Waals surface area (Å²) in [6.07, 6.45) is 5.09. The van der Waals surface area contributed by atoms with E-state index in [4.69, 9.17) is 4.74 Å². The Morgan fingerprint density at radius 1 is 1.00 bits per heavy atom. The lowest BCUT2D eigenvalue weighted by Gasteiger charge is -2.28. The van der Waals surface area contributed by atoms with Gasteiger partial charge in [-0.25, -0.2) is 0 Å². The first kappa shape index (κ1) is 16.5. The highest BCUT2D eigenvalue weighted by atomic mass is 35.5. The van der Waals surface area contributed by atoms with Gasteiger partial charge in [-0.05, 0) is 51.2 Å². The Labute approximate surface area is 111 Å². The minimum atomic E-state index is 0. The highest BCUT2D eigenvalue weighted by Crippen LogP contribution is 2.14. The minimum Gasteiger partial charge on any atom is -0.381 e. The lowest BCUT2D eigenvalue weighted by atomic mass is 9.99. The quantitative estimate of drug-likeness (QED) is 0.818. The van der Waals surface area contributed by atoms with Gasteiger partial charge in [0.05, 0.1) is 0 Å². The van der Waals surface area contributed by atoms with E-state index in [1.165, 1.54) is 45.3 Å². The largest absolute Gasteiger partial charge is 0.381 e. The van der Waals surface area contributed by atoms with Crippen molar-refractivity contribution >= 4 is 24.8 Å². The molecule has 2 aliphatic rings. The molecule has 2 saturated heterocycles. The van der Waals surface area contributed by atoms with Gasteiger partial charge in [-0.1, -0.05) is 0 Å². The molecule has 0 aliphatic carbocycles. The van der Waals surface area contributed by atoms with Crippen LogP contribution in [0.15, 0.2) is 0 Å². The number of piperidine rings is 1. The molecule has 0 radical (unpaired) electrons. The van der Waals surface area contributed by atoms with E-state index in [0.29, 0.717) is 0 Å². The Hall–Kier alpha value is 0.460. The van der Waals surface area contributed by atoms with Crippen molar-refractivity contribution in [3.8, 4) is 0 Å². The molecule has 98 valence electrons. The SMILES string of the molecule is C1CC(NCC2CCOCC2)CCN1.Cl.Cl. The van der Waals surface area contributed by atoms with Crippen molar-refractivity contribution in [2.24, 2.45) is 5.92 Å². The summed E-state index contributed by atoms with van der Waals surface area (Å²) in [5, 5.41) is 7.09. The minimum absolute atomic E-state index is 0. The third kappa shape index (κ3) is 5.69. The summed E-state index contributed by atoms with van der Waals surface area (Å²) in [4.78, 5) is 0. The summed E-state index contributed by atoms with van der Waals surface area (Å²) in [7, 11) is 0. The van der Waals surface area contributed by atoms with Crippen molar-refractivity contribution < 1.29 is 4.74 Å². The molecule has 0 aromatic rings. The fraction of sp³-hybridized carbons (Fsp3) is 1.00. The second kappa shape index (κ2) is 9.49. The van der Waals surface area contributed by atoms with Crippen LogP contribution < -0.4 is 10.6 Å². The number of hydrogen-bond acceptors (Lipinski definition) is 3. The zero-order valence-electron chi connectivity index (χ0n) is 9.74. The summed E-state index contributed by atoms with van der Waals surface area (Å²) >= 11 is 0. The zero-order valence-corrected chi connectivity index (χ0v) is 11.4. The van der Waals surface area contributed by atoms with Gasteiger partial charge in [-0.2, -0.15) is 0 Å². The molecule has 0 unspecified atom stereocenters. The third-order valence-electron chi connectivity index (χ3n) is 3.38. The summed E-state index contributed by atoms with van der Waals surface area (Å²) in [6, 6.07) is 0.763. The van der Waals surface area contributed by atoms with Crippen LogP contribution in [0.5, 0.6) is 0 Å². The fourth-order valence-corrected chi connectivity index (χ4v) is 2.31. The Balaban J connectivity index is 0.00000112. The van der Waals surface area contributed by atoms with Gasteiger partial charge in [-0.15, -0.1) is 24.8 Å².